The van der Waals surface area contributed by atoms with E-state index in [9.17, 15) is 19.8 Å². The number of nitrogens with one attached hydrogen (secondary N) is 1. The Bertz CT molecular complexity index is 498. The number of carbonyl (C=O) groups excluding carboxylic acids is 2. The highest BCUT2D eigenvalue weighted by atomic mass is 28.1. The number of carbonyl (C=O) groups is 2. The molecule has 2 aliphatic rings. The third kappa shape index (κ3) is 2.60. The summed E-state index contributed by atoms with van der Waals surface area (Å²) in [6.07, 6.45) is 0.506. The summed E-state index contributed by atoms with van der Waals surface area (Å²) in [5.74, 6) is -0.694. The number of nitrogens with zero attached hydrogens (tertiary/aromatic N) is 1. The minimum absolute atomic E-state index is 0.208. The van der Waals surface area contributed by atoms with Crippen molar-refractivity contribution in [3.05, 3.63) is 12.7 Å². The monoisotopic (exact) mass is 328 g/mol. The SMILES string of the molecule is C=CCC1[C@H](O)[C@@H](CO)O[C@@]1([SiH3])N1CC(C)(C)C(=O)NC1=O. The fraction of sp³-hybridized carbons (Fsp3) is 0.714. The largest absolute Gasteiger partial charge is 0.394 e. The molecular formula is C14H24N2O5Si. The highest BCUT2D eigenvalue weighted by molar-refractivity contribution is 6.17. The van der Waals surface area contributed by atoms with Crippen molar-refractivity contribution in [1.82, 2.24) is 10.2 Å². The van der Waals surface area contributed by atoms with Crippen LogP contribution in [0.3, 0.4) is 0 Å². The van der Waals surface area contributed by atoms with E-state index in [-0.39, 0.29) is 25.0 Å². The van der Waals surface area contributed by atoms with Crippen molar-refractivity contribution in [1.29, 1.82) is 0 Å². The normalized spacial score (nSPS) is 38.2. The van der Waals surface area contributed by atoms with Crippen LogP contribution in [-0.4, -0.2) is 68.0 Å². The van der Waals surface area contributed by atoms with Crippen LogP contribution in [0.4, 0.5) is 4.79 Å². The van der Waals surface area contributed by atoms with E-state index in [1.54, 1.807) is 19.9 Å². The molecule has 0 aromatic carbocycles. The smallest absolute Gasteiger partial charge is 0.326 e. The predicted molar refractivity (Wildman–Crippen MR) is 83.0 cm³/mol. The Kier molecular flexibility index (Phi) is 4.49. The van der Waals surface area contributed by atoms with Gasteiger partial charge in [-0.1, -0.05) is 6.08 Å². The second-order valence-electron chi connectivity index (χ2n) is 6.74. The van der Waals surface area contributed by atoms with Gasteiger partial charge in [-0.05, 0) is 20.3 Å². The summed E-state index contributed by atoms with van der Waals surface area (Å²) in [5, 5.41) is 21.1. The van der Waals surface area contributed by atoms with E-state index in [1.165, 1.54) is 4.90 Å². The minimum atomic E-state index is -0.983. The van der Waals surface area contributed by atoms with Gasteiger partial charge in [-0.3, -0.25) is 15.0 Å². The maximum Gasteiger partial charge on any atom is 0.326 e. The summed E-state index contributed by atoms with van der Waals surface area (Å²) in [5.41, 5.74) is -0.740. The zero-order chi connectivity index (χ0) is 16.7. The standard InChI is InChI=1S/C14H24N2O5Si/c1-4-5-8-10(18)9(6-17)21-14(8,22)16-7-13(2,3)11(19)15-12(16)20/h4,8-10,17-18H,1,5-7H2,2-3,22H3,(H,15,19,20)/t8?,9-,10+,14+/m1/s1. The Hall–Kier alpha value is -1.22. The number of amides is 3. The van der Waals surface area contributed by atoms with Gasteiger partial charge in [0.25, 0.3) is 0 Å². The average Bonchev–Trinajstić information content (AvgIpc) is 2.69. The molecule has 124 valence electrons. The van der Waals surface area contributed by atoms with Gasteiger partial charge in [0.2, 0.25) is 5.91 Å². The molecule has 7 nitrogen and oxygen atoms in total. The molecule has 1 unspecified atom stereocenters. The van der Waals surface area contributed by atoms with Gasteiger partial charge in [-0.25, -0.2) is 4.79 Å². The zero-order valence-corrected chi connectivity index (χ0v) is 15.2. The molecule has 2 aliphatic heterocycles. The first-order valence-corrected chi connectivity index (χ1v) is 8.38. The predicted octanol–water partition coefficient (Wildman–Crippen LogP) is -1.47. The van der Waals surface area contributed by atoms with Gasteiger partial charge in [-0.2, -0.15) is 0 Å². The lowest BCUT2D eigenvalue weighted by atomic mass is 9.88. The van der Waals surface area contributed by atoms with E-state index in [1.807, 2.05) is 0 Å². The molecule has 0 bridgehead atoms. The molecule has 2 saturated heterocycles. The number of allylic oxidation sites excluding steroid dienone is 1. The quantitative estimate of drug-likeness (QED) is 0.432. The topological polar surface area (TPSA) is 99.1 Å². The van der Waals surface area contributed by atoms with E-state index in [0.717, 1.165) is 0 Å². The van der Waals surface area contributed by atoms with Crippen LogP contribution in [0.5, 0.6) is 0 Å². The third-order valence-corrected chi connectivity index (χ3v) is 6.16. The molecule has 0 spiro atoms. The Balaban J connectivity index is 2.36. The first kappa shape index (κ1) is 17.1. The lowest BCUT2D eigenvalue weighted by Crippen LogP contribution is -2.67. The second kappa shape index (κ2) is 5.77. The minimum Gasteiger partial charge on any atom is -0.394 e. The Morgan fingerprint density at radius 2 is 2.18 bits per heavy atom. The summed E-state index contributed by atoms with van der Waals surface area (Å²) in [6, 6.07) is -0.515. The van der Waals surface area contributed by atoms with Crippen molar-refractivity contribution >= 4 is 22.2 Å². The first-order valence-electron chi connectivity index (χ1n) is 7.38. The van der Waals surface area contributed by atoms with Crippen LogP contribution >= 0.6 is 0 Å². The van der Waals surface area contributed by atoms with Crippen molar-refractivity contribution in [3.63, 3.8) is 0 Å². The molecule has 2 heterocycles. The molecule has 8 heteroatoms. The highest BCUT2D eigenvalue weighted by Gasteiger charge is 2.57. The number of aliphatic hydroxyl groups excluding tert-OH is 2. The molecule has 3 N–H and O–H groups in total. The Morgan fingerprint density at radius 3 is 2.73 bits per heavy atom. The average molecular weight is 328 g/mol. The molecule has 2 rings (SSSR count). The van der Waals surface area contributed by atoms with Crippen LogP contribution in [0.15, 0.2) is 12.7 Å². The number of hydrogen-bond acceptors (Lipinski definition) is 5. The molecule has 0 saturated carbocycles. The van der Waals surface area contributed by atoms with Crippen LogP contribution in [-0.2, 0) is 9.53 Å². The van der Waals surface area contributed by atoms with Gasteiger partial charge in [0.05, 0.1) is 28.4 Å². The maximum absolute atomic E-state index is 12.3. The lowest BCUT2D eigenvalue weighted by Gasteiger charge is -2.47. The van der Waals surface area contributed by atoms with Crippen molar-refractivity contribution in [2.24, 2.45) is 11.3 Å². The van der Waals surface area contributed by atoms with Gasteiger partial charge >= 0.3 is 6.03 Å². The fourth-order valence-electron chi connectivity index (χ4n) is 3.22. The Labute approximate surface area is 132 Å². The van der Waals surface area contributed by atoms with Crippen LogP contribution in [0, 0.1) is 11.3 Å². The fourth-order valence-corrected chi connectivity index (χ4v) is 4.46. The third-order valence-electron chi connectivity index (χ3n) is 4.64. The van der Waals surface area contributed by atoms with Crippen molar-refractivity contribution in [2.45, 2.75) is 37.8 Å². The van der Waals surface area contributed by atoms with Gasteiger partial charge < -0.3 is 14.9 Å². The lowest BCUT2D eigenvalue weighted by molar-refractivity contribution is -0.141. The molecule has 2 fully saturated rings. The van der Waals surface area contributed by atoms with E-state index in [0.29, 0.717) is 16.7 Å². The number of ether oxygens (including phenoxy) is 1. The number of rotatable bonds is 4. The number of aliphatic hydroxyl groups is 2. The molecule has 0 radical (unpaired) electrons. The van der Waals surface area contributed by atoms with Crippen LogP contribution in [0.1, 0.15) is 20.3 Å². The number of imide groups is 1. The van der Waals surface area contributed by atoms with E-state index in [2.05, 4.69) is 11.9 Å². The number of hydrogen-bond donors (Lipinski definition) is 3. The first-order chi connectivity index (χ1) is 10.2. The van der Waals surface area contributed by atoms with Crippen LogP contribution in [0.2, 0.25) is 0 Å². The molecule has 0 aromatic rings. The molecule has 3 amide bonds. The van der Waals surface area contributed by atoms with Gasteiger partial charge in [0, 0.05) is 12.5 Å². The zero-order valence-electron chi connectivity index (χ0n) is 13.2. The van der Waals surface area contributed by atoms with Crippen molar-refractivity contribution in [2.75, 3.05) is 13.2 Å². The van der Waals surface area contributed by atoms with E-state index in [4.69, 9.17) is 4.74 Å². The summed E-state index contributed by atoms with van der Waals surface area (Å²) in [4.78, 5) is 25.7. The van der Waals surface area contributed by atoms with Crippen molar-refractivity contribution in [3.8, 4) is 0 Å². The van der Waals surface area contributed by atoms with Crippen molar-refractivity contribution < 1.29 is 24.5 Å². The molecular weight excluding hydrogens is 304 g/mol. The van der Waals surface area contributed by atoms with Gasteiger partial charge in [-0.15, -0.1) is 6.58 Å². The molecule has 0 aliphatic carbocycles. The maximum atomic E-state index is 12.3. The Morgan fingerprint density at radius 1 is 1.55 bits per heavy atom. The summed E-state index contributed by atoms with van der Waals surface area (Å²) in [7, 11) is 0.425. The van der Waals surface area contributed by atoms with Crippen LogP contribution < -0.4 is 5.32 Å². The molecule has 0 aromatic heterocycles. The van der Waals surface area contributed by atoms with E-state index < -0.39 is 29.0 Å². The van der Waals surface area contributed by atoms with Gasteiger partial charge in [0.1, 0.15) is 11.5 Å². The van der Waals surface area contributed by atoms with Crippen LogP contribution in [0.25, 0.3) is 0 Å². The summed E-state index contributed by atoms with van der Waals surface area (Å²) in [6.45, 7) is 7.09. The molecule has 4 atom stereocenters. The summed E-state index contributed by atoms with van der Waals surface area (Å²) >= 11 is 0. The number of urea groups is 1. The van der Waals surface area contributed by atoms with E-state index >= 15 is 0 Å². The summed E-state index contributed by atoms with van der Waals surface area (Å²) < 4.78 is 5.88. The highest BCUT2D eigenvalue weighted by Crippen LogP contribution is 2.41. The van der Waals surface area contributed by atoms with Gasteiger partial charge in [0.15, 0.2) is 0 Å². The second-order valence-corrected chi connectivity index (χ2v) is 8.18. The molecule has 22 heavy (non-hydrogen) atoms.